The monoisotopic (exact) mass is 323 g/mol. The number of benzene rings is 1. The molecule has 1 aromatic carbocycles. The molecule has 0 N–H and O–H groups in total. The fraction of sp³-hybridized carbons (Fsp3) is 0.389. The van der Waals surface area contributed by atoms with Gasteiger partial charge in [-0.05, 0) is 32.9 Å². The van der Waals surface area contributed by atoms with Crippen LogP contribution in [0.4, 0.5) is 5.82 Å². The van der Waals surface area contributed by atoms with Crippen LogP contribution in [-0.4, -0.2) is 45.0 Å². The highest BCUT2D eigenvalue weighted by atomic mass is 16.5. The van der Waals surface area contributed by atoms with E-state index in [-0.39, 0.29) is 12.2 Å². The number of fused-ring (bicyclic) bond motifs is 1. The van der Waals surface area contributed by atoms with Crippen LogP contribution >= 0.6 is 0 Å². The van der Waals surface area contributed by atoms with Gasteiger partial charge < -0.3 is 9.64 Å². The molecule has 0 amide bonds. The third-order valence-electron chi connectivity index (χ3n) is 4.24. The first-order valence-electron chi connectivity index (χ1n) is 8.30. The van der Waals surface area contributed by atoms with Crippen LogP contribution in [0.2, 0.25) is 0 Å². The predicted octanol–water partition coefficient (Wildman–Crippen LogP) is 2.74. The van der Waals surface area contributed by atoms with Crippen LogP contribution in [0.25, 0.3) is 16.7 Å². The van der Waals surface area contributed by atoms with Crippen LogP contribution in [0.15, 0.2) is 36.5 Å². The third-order valence-corrected chi connectivity index (χ3v) is 4.24. The molecule has 1 fully saturated rings. The Morgan fingerprint density at radius 2 is 1.75 bits per heavy atom. The molecule has 6 heteroatoms. The van der Waals surface area contributed by atoms with E-state index in [9.17, 15) is 0 Å². The first kappa shape index (κ1) is 15.1. The summed E-state index contributed by atoms with van der Waals surface area (Å²) < 4.78 is 7.72. The van der Waals surface area contributed by atoms with Crippen LogP contribution in [0.5, 0.6) is 0 Å². The zero-order valence-electron chi connectivity index (χ0n) is 14.2. The summed E-state index contributed by atoms with van der Waals surface area (Å²) >= 11 is 0. The Kier molecular flexibility index (Phi) is 3.69. The molecule has 3 aromatic rings. The molecule has 6 nitrogen and oxygen atoms in total. The van der Waals surface area contributed by atoms with Gasteiger partial charge in [0.1, 0.15) is 11.6 Å². The van der Waals surface area contributed by atoms with Crippen molar-refractivity contribution in [1.82, 2.24) is 19.7 Å². The minimum atomic E-state index is 0.184. The average Bonchev–Trinajstić information content (AvgIpc) is 2.97. The van der Waals surface area contributed by atoms with Crippen molar-refractivity contribution in [1.29, 1.82) is 0 Å². The lowest BCUT2D eigenvalue weighted by molar-refractivity contribution is -0.00538. The lowest BCUT2D eigenvalue weighted by Crippen LogP contribution is -2.46. The van der Waals surface area contributed by atoms with Gasteiger partial charge >= 0.3 is 0 Å². The normalized spacial score (nSPS) is 21.4. The van der Waals surface area contributed by atoms with Crippen molar-refractivity contribution in [3.8, 4) is 5.69 Å². The van der Waals surface area contributed by atoms with Crippen molar-refractivity contribution >= 4 is 16.9 Å². The number of ether oxygens (including phenoxy) is 1. The van der Waals surface area contributed by atoms with Crippen molar-refractivity contribution in [2.45, 2.75) is 33.0 Å². The zero-order chi connectivity index (χ0) is 16.7. The number of hydrogen-bond acceptors (Lipinski definition) is 5. The smallest absolute Gasteiger partial charge is 0.168 e. The molecule has 1 aliphatic rings. The highest BCUT2D eigenvalue weighted by Crippen LogP contribution is 2.27. The van der Waals surface area contributed by atoms with Crippen molar-refractivity contribution in [2.75, 3.05) is 18.0 Å². The molecule has 2 aromatic heterocycles. The number of hydrogen-bond donors (Lipinski definition) is 0. The molecule has 24 heavy (non-hydrogen) atoms. The Morgan fingerprint density at radius 1 is 1.04 bits per heavy atom. The molecule has 0 saturated carbocycles. The quantitative estimate of drug-likeness (QED) is 0.726. The van der Waals surface area contributed by atoms with E-state index in [4.69, 9.17) is 9.72 Å². The van der Waals surface area contributed by atoms with Gasteiger partial charge in [-0.2, -0.15) is 5.10 Å². The number of anilines is 1. The van der Waals surface area contributed by atoms with Crippen LogP contribution in [0, 0.1) is 6.92 Å². The Balaban J connectivity index is 1.84. The number of para-hydroxylation sites is 1. The molecule has 0 bridgehead atoms. The van der Waals surface area contributed by atoms with E-state index in [2.05, 4.69) is 28.8 Å². The van der Waals surface area contributed by atoms with E-state index in [1.165, 1.54) is 0 Å². The van der Waals surface area contributed by atoms with Gasteiger partial charge in [0.2, 0.25) is 0 Å². The molecule has 0 radical (unpaired) electrons. The van der Waals surface area contributed by atoms with Crippen molar-refractivity contribution in [2.24, 2.45) is 0 Å². The fourth-order valence-corrected chi connectivity index (χ4v) is 3.35. The lowest BCUT2D eigenvalue weighted by Gasteiger charge is -2.36. The molecular formula is C18H21N5O. The molecule has 4 rings (SSSR count). The predicted molar refractivity (Wildman–Crippen MR) is 93.6 cm³/mol. The average molecular weight is 323 g/mol. The summed E-state index contributed by atoms with van der Waals surface area (Å²) in [5.74, 6) is 1.70. The minimum absolute atomic E-state index is 0.184. The maximum Gasteiger partial charge on any atom is 0.168 e. The van der Waals surface area contributed by atoms with Gasteiger partial charge in [0.05, 0.1) is 29.5 Å². The number of morpholine rings is 1. The Hall–Kier alpha value is -2.47. The standard InChI is InChI=1S/C18H21N5O/c1-12-10-22(11-13(2)24-12)17-16-9-19-23(15-7-5-4-6-8-15)18(16)21-14(3)20-17/h4-9,12-13H,10-11H2,1-3H3. The summed E-state index contributed by atoms with van der Waals surface area (Å²) in [5.41, 5.74) is 1.84. The molecule has 2 unspecified atom stereocenters. The summed E-state index contributed by atoms with van der Waals surface area (Å²) in [5, 5.41) is 5.53. The Bertz CT molecular complexity index is 850. The molecule has 3 heterocycles. The fourth-order valence-electron chi connectivity index (χ4n) is 3.35. The van der Waals surface area contributed by atoms with Crippen LogP contribution in [-0.2, 0) is 4.74 Å². The van der Waals surface area contributed by atoms with E-state index >= 15 is 0 Å². The number of nitrogens with zero attached hydrogens (tertiary/aromatic N) is 5. The second-order valence-corrected chi connectivity index (χ2v) is 6.39. The number of rotatable bonds is 2. The summed E-state index contributed by atoms with van der Waals surface area (Å²) in [4.78, 5) is 11.6. The van der Waals surface area contributed by atoms with Crippen LogP contribution in [0.1, 0.15) is 19.7 Å². The van der Waals surface area contributed by atoms with E-state index < -0.39 is 0 Å². The van der Waals surface area contributed by atoms with Gasteiger partial charge in [-0.1, -0.05) is 18.2 Å². The van der Waals surface area contributed by atoms with Gasteiger partial charge in [0.25, 0.3) is 0 Å². The van der Waals surface area contributed by atoms with Gasteiger partial charge in [-0.3, -0.25) is 0 Å². The van der Waals surface area contributed by atoms with Crippen LogP contribution < -0.4 is 4.90 Å². The van der Waals surface area contributed by atoms with E-state index in [1.54, 1.807) is 0 Å². The molecule has 1 aliphatic heterocycles. The third kappa shape index (κ3) is 2.63. The van der Waals surface area contributed by atoms with E-state index in [0.29, 0.717) is 0 Å². The summed E-state index contributed by atoms with van der Waals surface area (Å²) in [7, 11) is 0. The Morgan fingerprint density at radius 3 is 2.46 bits per heavy atom. The maximum absolute atomic E-state index is 5.85. The molecule has 2 atom stereocenters. The largest absolute Gasteiger partial charge is 0.372 e. The molecule has 0 spiro atoms. The topological polar surface area (TPSA) is 56.1 Å². The Labute approximate surface area is 141 Å². The second kappa shape index (κ2) is 5.87. The zero-order valence-corrected chi connectivity index (χ0v) is 14.2. The van der Waals surface area contributed by atoms with Crippen molar-refractivity contribution < 1.29 is 4.74 Å². The highest BCUT2D eigenvalue weighted by Gasteiger charge is 2.26. The minimum Gasteiger partial charge on any atom is -0.372 e. The van der Waals surface area contributed by atoms with Crippen molar-refractivity contribution in [3.63, 3.8) is 0 Å². The first-order valence-corrected chi connectivity index (χ1v) is 8.30. The van der Waals surface area contributed by atoms with Gasteiger partial charge in [-0.25, -0.2) is 14.6 Å². The summed E-state index contributed by atoms with van der Waals surface area (Å²) in [6.07, 6.45) is 2.23. The van der Waals surface area contributed by atoms with Gasteiger partial charge in [0, 0.05) is 13.1 Å². The number of aromatic nitrogens is 4. The molecule has 0 aliphatic carbocycles. The molecular weight excluding hydrogens is 302 g/mol. The van der Waals surface area contributed by atoms with Gasteiger partial charge in [0.15, 0.2) is 5.65 Å². The number of aryl methyl sites for hydroxylation is 1. The van der Waals surface area contributed by atoms with Crippen LogP contribution in [0.3, 0.4) is 0 Å². The maximum atomic E-state index is 5.85. The van der Waals surface area contributed by atoms with Crippen molar-refractivity contribution in [3.05, 3.63) is 42.4 Å². The summed E-state index contributed by atoms with van der Waals surface area (Å²) in [6, 6.07) is 10.1. The summed E-state index contributed by atoms with van der Waals surface area (Å²) in [6.45, 7) is 7.78. The van der Waals surface area contributed by atoms with E-state index in [0.717, 1.165) is 41.5 Å². The SMILES string of the molecule is Cc1nc(N2CC(C)OC(C)C2)c2cnn(-c3ccccc3)c2n1. The lowest BCUT2D eigenvalue weighted by atomic mass is 10.2. The molecule has 124 valence electrons. The highest BCUT2D eigenvalue weighted by molar-refractivity contribution is 5.88. The second-order valence-electron chi connectivity index (χ2n) is 6.39. The van der Waals surface area contributed by atoms with E-state index in [1.807, 2.05) is 48.1 Å². The molecule has 1 saturated heterocycles. The first-order chi connectivity index (χ1) is 11.6. The van der Waals surface area contributed by atoms with Gasteiger partial charge in [-0.15, -0.1) is 0 Å².